The van der Waals surface area contributed by atoms with Crippen LogP contribution in [-0.4, -0.2) is 173 Å². The van der Waals surface area contributed by atoms with Crippen molar-refractivity contribution in [2.75, 3.05) is 44.4 Å². The fourth-order valence-corrected chi connectivity index (χ4v) is 7.54. The fourth-order valence-electron chi connectivity index (χ4n) is 7.54. The Labute approximate surface area is 575 Å². The molecule has 5 aliphatic rings. The van der Waals surface area contributed by atoms with Crippen LogP contribution in [0, 0.1) is 25.7 Å². The molecule has 2 unspecified atom stereocenters. The molecule has 3 aromatic heterocycles. The van der Waals surface area contributed by atoms with Gasteiger partial charge in [0.25, 0.3) is 5.69 Å². The third-order valence-corrected chi connectivity index (χ3v) is 11.7. The van der Waals surface area contributed by atoms with Gasteiger partial charge in [0.15, 0.2) is 5.95 Å². The first kappa shape index (κ1) is 83.5. The van der Waals surface area contributed by atoms with Gasteiger partial charge in [-0.15, -0.1) is 18.1 Å². The summed E-state index contributed by atoms with van der Waals surface area (Å²) in [7, 11) is 0.653. The summed E-state index contributed by atoms with van der Waals surface area (Å²) < 4.78 is 47.6. The minimum Gasteiger partial charge on any atom is -0.870 e. The molecule has 0 aromatic carbocycles. The van der Waals surface area contributed by atoms with Crippen LogP contribution in [0.4, 0.5) is 0 Å². The van der Waals surface area contributed by atoms with E-state index in [0.717, 1.165) is 22.6 Å². The van der Waals surface area contributed by atoms with E-state index in [1.807, 2.05) is 105 Å². The Morgan fingerprint density at radius 1 is 0.840 bits per heavy atom. The van der Waals surface area contributed by atoms with E-state index >= 15 is 0 Å². The predicted octanol–water partition coefficient (Wildman–Crippen LogP) is -3.48. The zero-order valence-electron chi connectivity index (χ0n) is 50.7. The number of halogens is 1. The van der Waals surface area contributed by atoms with E-state index in [9.17, 15) is 34.1 Å². The Bertz CT molecular complexity index is 2470. The van der Waals surface area contributed by atoms with Crippen molar-refractivity contribution >= 4 is 60.1 Å². The average molecular weight is 1310 g/mol. The number of alkyl halides is 1. The molecular weight excluding hydrogens is 1230 g/mol. The molecule has 448 valence electrons. The van der Waals surface area contributed by atoms with Crippen molar-refractivity contribution in [3.8, 4) is 17.8 Å². The zero-order valence-corrected chi connectivity index (χ0v) is 59.1. The normalized spacial score (nSPS) is 19.4. The second-order valence-corrected chi connectivity index (χ2v) is 22.6. The number of esters is 2. The molecule has 3 aromatic rings. The monoisotopic (exact) mass is 1310 g/mol. The van der Waals surface area contributed by atoms with Crippen LogP contribution in [-0.2, 0) is 96.6 Å². The number of hydrogen-bond donors (Lipinski definition) is 3. The van der Waals surface area contributed by atoms with Crippen LogP contribution in [0.1, 0.15) is 130 Å². The third-order valence-electron chi connectivity index (χ3n) is 11.7. The minimum atomic E-state index is -0.847. The molecule has 30 heteroatoms. The third kappa shape index (κ3) is 28.2. The summed E-state index contributed by atoms with van der Waals surface area (Å²) in [6.07, 6.45) is 3.76. The van der Waals surface area contributed by atoms with Crippen LogP contribution in [0.15, 0.2) is 4.52 Å². The fraction of sp³-hybridized carbons (Fsp3) is 0.706. The molecule has 0 bridgehead atoms. The number of hydrogen-bond acceptors (Lipinski definition) is 22. The molecule has 5 aliphatic heterocycles. The van der Waals surface area contributed by atoms with Gasteiger partial charge >= 0.3 is 128 Å². The van der Waals surface area contributed by atoms with E-state index in [0.29, 0.717) is 69.5 Å². The van der Waals surface area contributed by atoms with E-state index in [2.05, 4.69) is 76.1 Å². The number of fused-ring (bicyclic) bond motifs is 3. The Balaban J connectivity index is -0.000000891. The number of carboxylic acid groups (broad SMARTS) is 1. The Morgan fingerprint density at radius 3 is 1.83 bits per heavy atom. The Hall–Kier alpha value is -1.66. The van der Waals surface area contributed by atoms with Crippen molar-refractivity contribution in [1.29, 1.82) is 0 Å². The number of morpholine rings is 2. The van der Waals surface area contributed by atoms with Crippen molar-refractivity contribution < 1.29 is 195 Å². The summed E-state index contributed by atoms with van der Waals surface area (Å²) in [6.45, 7) is 35.6. The molecule has 81 heavy (non-hydrogen) atoms. The van der Waals surface area contributed by atoms with Gasteiger partial charge in [0.2, 0.25) is 6.54 Å². The van der Waals surface area contributed by atoms with Gasteiger partial charge in [0.05, 0.1) is 80.6 Å². The summed E-state index contributed by atoms with van der Waals surface area (Å²) in [4.78, 5) is 55.1. The molecule has 0 amide bonds. The van der Waals surface area contributed by atoms with Crippen LogP contribution in [0.3, 0.4) is 0 Å². The smallest absolute Gasteiger partial charge is 0.870 e. The average Bonchev–Trinajstić information content (AvgIpc) is 3.97. The summed E-state index contributed by atoms with van der Waals surface area (Å²) in [6, 6.07) is -1.05. The summed E-state index contributed by atoms with van der Waals surface area (Å²) >= 11 is 2.29. The first-order valence-electron chi connectivity index (χ1n) is 25.0. The zero-order chi connectivity index (χ0) is 58.7. The molecular formula is C51H82BIK2N8O18-2. The number of aliphatic carboxylic acids is 1. The molecule has 8 heterocycles. The topological polar surface area (TPSA) is 354 Å². The van der Waals surface area contributed by atoms with Crippen molar-refractivity contribution in [2.24, 2.45) is 0 Å². The number of carboxylic acids is 1. The van der Waals surface area contributed by atoms with Crippen LogP contribution in [0.2, 0.25) is 6.82 Å². The van der Waals surface area contributed by atoms with Gasteiger partial charge in [-0.1, -0.05) is 47.0 Å². The van der Waals surface area contributed by atoms with Gasteiger partial charge in [-0.2, -0.15) is 0 Å². The molecule has 0 saturated carbocycles. The van der Waals surface area contributed by atoms with Crippen LogP contribution < -0.4 is 118 Å². The number of methoxy groups -OCH3 is 1. The quantitative estimate of drug-likeness (QED) is 0.0315. The number of rotatable bonds is 6. The SMILES string of the molecule is CC#CC(=O)OCC.CC1(C)CNC(C(=O)O)CO1.CC1(C)C[n+]2noc([O-])c2CO1.CCI.COC(=O)C1COC(C)(C)CN1B(C)O.Cc1c([C-]=O)nn2c1COC(C)(C)C2.Cc1nn2c(c1[C-]=O)COC(C)(C)C2.[K+].[K+].[OH-].[OH-]. The number of carbonyl (C=O) groups excluding carboxylic acids is 4. The predicted molar refractivity (Wildman–Crippen MR) is 291 cm³/mol. The molecule has 0 spiro atoms. The van der Waals surface area contributed by atoms with Gasteiger partial charge in [-0.3, -0.25) is 24.7 Å². The molecule has 2 atom stereocenters. The van der Waals surface area contributed by atoms with Gasteiger partial charge < -0.3 is 83.0 Å². The molecule has 2 fully saturated rings. The van der Waals surface area contributed by atoms with E-state index in [-0.39, 0.29) is 168 Å². The standard InChI is InChI=1S/2C10H13N2O2.C9H18BNO4.C7H10N2O3.C7H13NO3.C6H8O2.C2H5I.2K.2H2O/c1-7-8(4-13)9-5-14-10(2,3)6-12(9)11-7;1-7-8(4-13)11-12-6-10(2,3)14-5-9(7)12;1-9(2)6-11(10(3)13)7(5-15-9)8(12)14-4;1-7(2)4-9-5(3-11-7)6(10)12-8-9;1-7(2)4-8-5(3-11-7)6(9)10;1-3-5-6(7)8-4-2;1-2-3;;;;/h2*5-6H2,1-3H3;7,13H,5-6H2,1-4H3;3-4H2,1-2H3;5,8H,3-4H2,1-2H3,(H,9,10);4H2,1-2H3;2H2,1H3;;;2*1H2/q2*-1;;;;;;2*+1;;/p-2. The van der Waals surface area contributed by atoms with E-state index in [4.69, 9.17) is 28.8 Å². The Morgan fingerprint density at radius 2 is 1.36 bits per heavy atom. The molecule has 5 N–H and O–H groups in total. The first-order chi connectivity index (χ1) is 35.8. The maximum Gasteiger partial charge on any atom is 1.00 e. The largest absolute Gasteiger partial charge is 1.00 e. The van der Waals surface area contributed by atoms with E-state index in [1.165, 1.54) is 11.5 Å². The second kappa shape index (κ2) is 38.5. The molecule has 0 radical (unpaired) electrons. The van der Waals surface area contributed by atoms with Crippen molar-refractivity contribution in [3.63, 3.8) is 0 Å². The number of nitrogens with one attached hydrogen (secondary N) is 1. The van der Waals surface area contributed by atoms with Crippen LogP contribution >= 0.6 is 22.6 Å². The molecule has 8 rings (SSSR count). The summed E-state index contributed by atoms with van der Waals surface area (Å²) in [5.74, 6) is 2.60. The van der Waals surface area contributed by atoms with Crippen molar-refractivity contribution in [2.45, 2.75) is 190 Å². The first-order valence-corrected chi connectivity index (χ1v) is 26.6. The number of aromatic nitrogens is 6. The van der Waals surface area contributed by atoms with E-state index < -0.39 is 37.0 Å². The Kier molecular flexibility index (Phi) is 39.7. The summed E-state index contributed by atoms with van der Waals surface area (Å²) in [5, 5.41) is 44.1. The van der Waals surface area contributed by atoms with Gasteiger partial charge in [0, 0.05) is 31.9 Å². The van der Waals surface area contributed by atoms with Crippen LogP contribution in [0.25, 0.3) is 0 Å². The molecule has 2 saturated heterocycles. The number of nitrogens with zero attached hydrogens (tertiary/aromatic N) is 7. The van der Waals surface area contributed by atoms with Gasteiger partial charge in [0.1, 0.15) is 24.3 Å². The maximum absolute atomic E-state index is 11.4. The van der Waals surface area contributed by atoms with Crippen molar-refractivity contribution in [3.05, 3.63) is 39.6 Å². The van der Waals surface area contributed by atoms with Gasteiger partial charge in [-0.25, -0.2) is 9.89 Å². The summed E-state index contributed by atoms with van der Waals surface area (Å²) in [5.41, 5.74) is 3.66. The maximum atomic E-state index is 11.4. The minimum absolute atomic E-state index is 0. The number of carbonyl (C=O) groups is 3. The van der Waals surface area contributed by atoms with E-state index in [1.54, 1.807) is 30.2 Å². The van der Waals surface area contributed by atoms with Crippen LogP contribution in [0.5, 0.6) is 5.95 Å². The molecule has 0 aliphatic carbocycles. The van der Waals surface area contributed by atoms with Crippen molar-refractivity contribution in [1.82, 2.24) is 35.0 Å². The second-order valence-electron chi connectivity index (χ2n) is 21.1. The number of ether oxygens (including phenoxy) is 7. The molecule has 26 nitrogen and oxygen atoms in total. The van der Waals surface area contributed by atoms with Gasteiger partial charge in [-0.05, 0) is 117 Å². The number of aryl methyl sites for hydroxylation is 1.